The molecule has 3 rings (SSSR count). The van der Waals surface area contributed by atoms with E-state index in [1.807, 2.05) is 24.3 Å². The Bertz CT molecular complexity index is 770. The van der Waals surface area contributed by atoms with Crippen LogP contribution in [0.5, 0.6) is 11.5 Å². The van der Waals surface area contributed by atoms with Crippen molar-refractivity contribution >= 4 is 17.6 Å². The number of carbonyl (C=O) groups is 2. The normalized spacial score (nSPS) is 16.8. The van der Waals surface area contributed by atoms with Crippen LogP contribution in [0.2, 0.25) is 0 Å². The highest BCUT2D eigenvalue weighted by Gasteiger charge is 2.37. The van der Waals surface area contributed by atoms with E-state index in [-0.39, 0.29) is 18.3 Å². The van der Waals surface area contributed by atoms with E-state index in [1.54, 1.807) is 36.3 Å². The van der Waals surface area contributed by atoms with Crippen molar-refractivity contribution < 1.29 is 19.1 Å². The Balaban J connectivity index is 1.70. The Morgan fingerprint density at radius 2 is 1.80 bits per heavy atom. The van der Waals surface area contributed by atoms with Crippen molar-refractivity contribution in [1.29, 1.82) is 0 Å². The number of ether oxygens (including phenoxy) is 2. The maximum atomic E-state index is 12.4. The molecule has 2 aromatic carbocycles. The number of para-hydroxylation sites is 1. The number of methoxy groups -OCH3 is 1. The summed E-state index contributed by atoms with van der Waals surface area (Å²) in [5, 5.41) is 0. The van der Waals surface area contributed by atoms with Crippen molar-refractivity contribution in [3.63, 3.8) is 0 Å². The highest BCUT2D eigenvalue weighted by molar-refractivity contribution is 6.00. The summed E-state index contributed by atoms with van der Waals surface area (Å²) in [6, 6.07) is 14.6. The van der Waals surface area contributed by atoms with Crippen molar-refractivity contribution in [2.45, 2.75) is 19.8 Å². The first-order chi connectivity index (χ1) is 12.1. The van der Waals surface area contributed by atoms with Crippen molar-refractivity contribution in [2.75, 3.05) is 18.6 Å². The van der Waals surface area contributed by atoms with Gasteiger partial charge in [-0.1, -0.05) is 25.1 Å². The quantitative estimate of drug-likeness (QED) is 0.620. The minimum Gasteiger partial charge on any atom is -0.497 e. The highest BCUT2D eigenvalue weighted by atomic mass is 16.5. The molecule has 0 bridgehead atoms. The lowest BCUT2D eigenvalue weighted by Crippen LogP contribution is -2.28. The fourth-order valence-corrected chi connectivity index (χ4v) is 3.01. The molecule has 130 valence electrons. The molecule has 0 unspecified atom stereocenters. The van der Waals surface area contributed by atoms with E-state index in [4.69, 9.17) is 9.47 Å². The first-order valence-electron chi connectivity index (χ1n) is 8.36. The van der Waals surface area contributed by atoms with Gasteiger partial charge in [-0.25, -0.2) is 0 Å². The van der Waals surface area contributed by atoms with Crippen molar-refractivity contribution in [1.82, 2.24) is 0 Å². The number of amides is 1. The summed E-state index contributed by atoms with van der Waals surface area (Å²) < 4.78 is 10.5. The lowest BCUT2D eigenvalue weighted by Gasteiger charge is -2.19. The number of aryl methyl sites for hydroxylation is 1. The number of rotatable bonds is 5. The van der Waals surface area contributed by atoms with Crippen LogP contribution in [0.1, 0.15) is 18.9 Å². The Labute approximate surface area is 147 Å². The average Bonchev–Trinajstić information content (AvgIpc) is 3.04. The fraction of sp³-hybridized carbons (Fsp3) is 0.300. The predicted octanol–water partition coefficient (Wildman–Crippen LogP) is 3.22. The van der Waals surface area contributed by atoms with Gasteiger partial charge in [-0.05, 0) is 42.3 Å². The van der Waals surface area contributed by atoms with E-state index >= 15 is 0 Å². The summed E-state index contributed by atoms with van der Waals surface area (Å²) in [6.45, 7) is 2.40. The average molecular weight is 339 g/mol. The number of anilines is 1. The van der Waals surface area contributed by atoms with Gasteiger partial charge in [0.15, 0.2) is 0 Å². The molecule has 5 nitrogen and oxygen atoms in total. The minimum atomic E-state index is -0.459. The second-order valence-electron chi connectivity index (χ2n) is 5.98. The number of hydrogen-bond acceptors (Lipinski definition) is 4. The molecule has 0 aromatic heterocycles. The van der Waals surface area contributed by atoms with Gasteiger partial charge in [-0.2, -0.15) is 0 Å². The predicted molar refractivity (Wildman–Crippen MR) is 94.9 cm³/mol. The zero-order valence-electron chi connectivity index (χ0n) is 14.4. The number of hydrogen-bond donors (Lipinski definition) is 0. The summed E-state index contributed by atoms with van der Waals surface area (Å²) in [6.07, 6.45) is 1.01. The van der Waals surface area contributed by atoms with Gasteiger partial charge in [0.2, 0.25) is 5.91 Å². The van der Waals surface area contributed by atoms with Crippen molar-refractivity contribution in [3.05, 3.63) is 54.1 Å². The Morgan fingerprint density at radius 3 is 2.48 bits per heavy atom. The third-order valence-electron chi connectivity index (χ3n) is 4.40. The van der Waals surface area contributed by atoms with Crippen LogP contribution in [-0.2, 0) is 16.0 Å². The first kappa shape index (κ1) is 17.0. The molecule has 2 aromatic rings. The van der Waals surface area contributed by atoms with Crippen molar-refractivity contribution in [2.24, 2.45) is 5.92 Å². The van der Waals surface area contributed by atoms with E-state index in [0.29, 0.717) is 18.0 Å². The molecule has 1 aliphatic heterocycles. The molecule has 1 heterocycles. The Kier molecular flexibility index (Phi) is 5.03. The Hall–Kier alpha value is -2.82. The minimum absolute atomic E-state index is 0.0439. The van der Waals surface area contributed by atoms with E-state index in [1.165, 1.54) is 0 Å². The molecule has 1 aliphatic rings. The third kappa shape index (κ3) is 3.65. The van der Waals surface area contributed by atoms with Crippen LogP contribution >= 0.6 is 0 Å². The third-order valence-corrected chi connectivity index (χ3v) is 4.40. The summed E-state index contributed by atoms with van der Waals surface area (Å²) >= 11 is 0. The van der Waals surface area contributed by atoms with E-state index in [9.17, 15) is 9.59 Å². The molecule has 1 fully saturated rings. The molecular formula is C20H21NO4. The molecule has 25 heavy (non-hydrogen) atoms. The molecule has 0 saturated carbocycles. The maximum Gasteiger partial charge on any atom is 0.316 e. The van der Waals surface area contributed by atoms with Gasteiger partial charge in [0.1, 0.15) is 11.5 Å². The van der Waals surface area contributed by atoms with Crippen LogP contribution in [0, 0.1) is 5.92 Å². The van der Waals surface area contributed by atoms with Crippen molar-refractivity contribution in [3.8, 4) is 11.5 Å². The lowest BCUT2D eigenvalue weighted by atomic mass is 10.1. The molecular weight excluding hydrogens is 318 g/mol. The summed E-state index contributed by atoms with van der Waals surface area (Å²) in [7, 11) is 1.58. The summed E-state index contributed by atoms with van der Waals surface area (Å²) in [5.41, 5.74) is 1.98. The molecule has 0 spiro atoms. The molecule has 0 aliphatic carbocycles. The van der Waals surface area contributed by atoms with Crippen LogP contribution in [0.25, 0.3) is 0 Å². The number of carbonyl (C=O) groups excluding carboxylic acids is 2. The Morgan fingerprint density at radius 1 is 1.12 bits per heavy atom. The second kappa shape index (κ2) is 7.38. The van der Waals surface area contributed by atoms with Crippen LogP contribution in [0.15, 0.2) is 48.5 Å². The van der Waals surface area contributed by atoms with Crippen LogP contribution in [0.3, 0.4) is 0 Å². The van der Waals surface area contributed by atoms with Gasteiger partial charge in [0.05, 0.1) is 13.0 Å². The zero-order valence-corrected chi connectivity index (χ0v) is 14.4. The fourth-order valence-electron chi connectivity index (χ4n) is 3.01. The second-order valence-corrected chi connectivity index (χ2v) is 5.98. The standard InChI is InChI=1S/C20H21NO4/c1-3-14-6-4-5-7-18(14)21-13-15(12-19(21)22)20(23)25-17-10-8-16(24-2)9-11-17/h4-11,15H,3,12-13H2,1-2H3/t15-/m0/s1. The number of benzene rings is 2. The largest absolute Gasteiger partial charge is 0.497 e. The molecule has 0 radical (unpaired) electrons. The van der Waals surface area contributed by atoms with Crippen LogP contribution in [0.4, 0.5) is 5.69 Å². The number of nitrogens with zero attached hydrogens (tertiary/aromatic N) is 1. The summed E-state index contributed by atoms with van der Waals surface area (Å²) in [5.74, 6) is 0.260. The van der Waals surface area contributed by atoms with Gasteiger partial charge in [0.25, 0.3) is 0 Å². The number of esters is 1. The lowest BCUT2D eigenvalue weighted by molar-refractivity contribution is -0.139. The van der Waals surface area contributed by atoms with Crippen LogP contribution in [-0.4, -0.2) is 25.5 Å². The van der Waals surface area contributed by atoms with E-state index in [2.05, 4.69) is 6.92 Å². The maximum absolute atomic E-state index is 12.4. The molecule has 0 N–H and O–H groups in total. The summed E-state index contributed by atoms with van der Waals surface area (Å²) in [4.78, 5) is 26.5. The smallest absolute Gasteiger partial charge is 0.316 e. The first-order valence-corrected chi connectivity index (χ1v) is 8.36. The van der Waals surface area contributed by atoms with Gasteiger partial charge >= 0.3 is 5.97 Å². The molecule has 1 atom stereocenters. The highest BCUT2D eigenvalue weighted by Crippen LogP contribution is 2.29. The molecule has 1 amide bonds. The van der Waals surface area contributed by atoms with E-state index in [0.717, 1.165) is 17.7 Å². The zero-order chi connectivity index (χ0) is 17.8. The molecule has 5 heteroatoms. The van der Waals surface area contributed by atoms with Gasteiger partial charge < -0.3 is 14.4 Å². The van der Waals surface area contributed by atoms with Gasteiger partial charge in [0, 0.05) is 18.7 Å². The van der Waals surface area contributed by atoms with Crippen LogP contribution < -0.4 is 14.4 Å². The van der Waals surface area contributed by atoms with E-state index < -0.39 is 5.92 Å². The monoisotopic (exact) mass is 339 g/mol. The molecule has 1 saturated heterocycles. The topological polar surface area (TPSA) is 55.8 Å². The SMILES string of the molecule is CCc1ccccc1N1C[C@@H](C(=O)Oc2ccc(OC)cc2)CC1=O. The van der Waals surface area contributed by atoms with Gasteiger partial charge in [-0.15, -0.1) is 0 Å². The van der Waals surface area contributed by atoms with Gasteiger partial charge in [-0.3, -0.25) is 9.59 Å².